The van der Waals surface area contributed by atoms with Gasteiger partial charge in [-0.2, -0.15) is 4.31 Å². The molecule has 0 saturated heterocycles. The van der Waals surface area contributed by atoms with Gasteiger partial charge in [0.05, 0.1) is 25.9 Å². The normalized spacial score (nSPS) is 11.4. The summed E-state index contributed by atoms with van der Waals surface area (Å²) in [5.74, 6) is -0.904. The topological polar surface area (TPSA) is 83.9 Å². The molecule has 0 aliphatic rings. The molecule has 0 aromatic carbocycles. The number of rotatable bonds is 8. The van der Waals surface area contributed by atoms with Crippen LogP contribution in [0, 0.1) is 0 Å². The number of methoxy groups -OCH3 is 1. The smallest absolute Gasteiger partial charge is 0.306 e. The molecule has 0 aliphatic carbocycles. The first kappa shape index (κ1) is 15.1. The highest BCUT2D eigenvalue weighted by Crippen LogP contribution is 2.03. The number of aliphatic hydroxyl groups excluding tert-OH is 1. The first-order chi connectivity index (χ1) is 7.47. The lowest BCUT2D eigenvalue weighted by Crippen LogP contribution is -2.36. The van der Waals surface area contributed by atoms with Crippen LogP contribution in [0.15, 0.2) is 12.7 Å². The molecule has 6 nitrogen and oxygen atoms in total. The first-order valence-corrected chi connectivity index (χ1v) is 6.35. The van der Waals surface area contributed by atoms with Crippen LogP contribution >= 0.6 is 0 Å². The van der Waals surface area contributed by atoms with Crippen molar-refractivity contribution in [2.45, 2.75) is 6.42 Å². The van der Waals surface area contributed by atoms with E-state index in [1.807, 2.05) is 0 Å². The maximum atomic E-state index is 11.7. The third kappa shape index (κ3) is 5.24. The van der Waals surface area contributed by atoms with Gasteiger partial charge in [-0.05, 0) is 0 Å². The molecule has 0 spiro atoms. The molecule has 0 heterocycles. The molecule has 0 aliphatic heterocycles. The highest BCUT2D eigenvalue weighted by molar-refractivity contribution is 7.89. The molecule has 0 radical (unpaired) electrons. The summed E-state index contributed by atoms with van der Waals surface area (Å²) < 4.78 is 28.8. The molecule has 0 bridgehead atoms. The number of hydrogen-bond acceptors (Lipinski definition) is 5. The third-order valence-corrected chi connectivity index (χ3v) is 3.71. The monoisotopic (exact) mass is 251 g/mol. The van der Waals surface area contributed by atoms with E-state index in [0.717, 1.165) is 4.31 Å². The van der Waals surface area contributed by atoms with Crippen molar-refractivity contribution >= 4 is 16.0 Å². The zero-order valence-electron chi connectivity index (χ0n) is 9.26. The fraction of sp³-hybridized carbons (Fsp3) is 0.667. The van der Waals surface area contributed by atoms with E-state index in [2.05, 4.69) is 11.3 Å². The minimum absolute atomic E-state index is 0.00444. The first-order valence-electron chi connectivity index (χ1n) is 4.74. The Bertz CT molecular complexity index is 325. The van der Waals surface area contributed by atoms with Gasteiger partial charge in [-0.15, -0.1) is 6.58 Å². The molecule has 0 rings (SSSR count). The Morgan fingerprint density at radius 1 is 1.56 bits per heavy atom. The summed E-state index contributed by atoms with van der Waals surface area (Å²) in [4.78, 5) is 10.8. The molecular weight excluding hydrogens is 234 g/mol. The van der Waals surface area contributed by atoms with Crippen LogP contribution in [0.3, 0.4) is 0 Å². The molecule has 94 valence electrons. The van der Waals surface area contributed by atoms with Crippen molar-refractivity contribution in [1.29, 1.82) is 0 Å². The Balaban J connectivity index is 4.46. The number of ether oxygens (including phenoxy) is 1. The van der Waals surface area contributed by atoms with E-state index >= 15 is 0 Å². The number of nitrogens with zero attached hydrogens (tertiary/aromatic N) is 1. The van der Waals surface area contributed by atoms with Crippen LogP contribution in [-0.4, -0.2) is 56.4 Å². The van der Waals surface area contributed by atoms with E-state index in [4.69, 9.17) is 5.11 Å². The molecule has 1 N–H and O–H groups in total. The summed E-state index contributed by atoms with van der Waals surface area (Å²) in [7, 11) is -2.35. The summed E-state index contributed by atoms with van der Waals surface area (Å²) in [5.41, 5.74) is 0. The lowest BCUT2D eigenvalue weighted by molar-refractivity contribution is -0.140. The summed E-state index contributed by atoms with van der Waals surface area (Å²) in [6.07, 6.45) is 1.23. The Hall–Kier alpha value is -0.920. The van der Waals surface area contributed by atoms with Crippen LogP contribution in [0.25, 0.3) is 0 Å². The maximum absolute atomic E-state index is 11.7. The molecule has 16 heavy (non-hydrogen) atoms. The Labute approximate surface area is 95.6 Å². The number of aliphatic hydroxyl groups is 1. The summed E-state index contributed by atoms with van der Waals surface area (Å²) >= 11 is 0. The second-order valence-electron chi connectivity index (χ2n) is 3.01. The Morgan fingerprint density at radius 3 is 2.62 bits per heavy atom. The number of esters is 1. The summed E-state index contributed by atoms with van der Waals surface area (Å²) in [6, 6.07) is 0. The predicted octanol–water partition coefficient (Wildman–Crippen LogP) is -0.640. The third-order valence-electron chi connectivity index (χ3n) is 1.87. The molecular formula is C9H17NO5S. The van der Waals surface area contributed by atoms with Gasteiger partial charge in [0.25, 0.3) is 0 Å². The molecule has 0 saturated carbocycles. The van der Waals surface area contributed by atoms with E-state index in [0.29, 0.717) is 0 Å². The van der Waals surface area contributed by atoms with Crippen molar-refractivity contribution in [3.8, 4) is 0 Å². The largest absolute Gasteiger partial charge is 0.469 e. The SMILES string of the molecule is C=CCN(CCO)S(=O)(=O)CCC(=O)OC. The van der Waals surface area contributed by atoms with Gasteiger partial charge in [0.2, 0.25) is 10.0 Å². The summed E-state index contributed by atoms with van der Waals surface area (Å²) in [5, 5.41) is 8.72. The van der Waals surface area contributed by atoms with Crippen molar-refractivity contribution in [3.63, 3.8) is 0 Å². The predicted molar refractivity (Wildman–Crippen MR) is 59.3 cm³/mol. The molecule has 0 aromatic heterocycles. The van der Waals surface area contributed by atoms with Gasteiger partial charge in [-0.1, -0.05) is 6.08 Å². The van der Waals surface area contributed by atoms with Gasteiger partial charge in [0.1, 0.15) is 0 Å². The van der Waals surface area contributed by atoms with Crippen LogP contribution in [0.4, 0.5) is 0 Å². The lowest BCUT2D eigenvalue weighted by Gasteiger charge is -2.19. The zero-order chi connectivity index (χ0) is 12.6. The molecule has 0 aromatic rings. The fourth-order valence-corrected chi connectivity index (χ4v) is 2.42. The highest BCUT2D eigenvalue weighted by atomic mass is 32.2. The average Bonchev–Trinajstić information content (AvgIpc) is 2.25. The Morgan fingerprint density at radius 2 is 2.19 bits per heavy atom. The minimum Gasteiger partial charge on any atom is -0.469 e. The highest BCUT2D eigenvalue weighted by Gasteiger charge is 2.21. The van der Waals surface area contributed by atoms with Crippen LogP contribution < -0.4 is 0 Å². The van der Waals surface area contributed by atoms with Crippen LogP contribution in [-0.2, 0) is 19.6 Å². The second-order valence-corrected chi connectivity index (χ2v) is 5.10. The van der Waals surface area contributed by atoms with E-state index < -0.39 is 16.0 Å². The van der Waals surface area contributed by atoms with Gasteiger partial charge in [0, 0.05) is 13.1 Å². The number of hydrogen-bond donors (Lipinski definition) is 1. The zero-order valence-corrected chi connectivity index (χ0v) is 10.1. The van der Waals surface area contributed by atoms with E-state index in [1.165, 1.54) is 13.2 Å². The maximum Gasteiger partial charge on any atom is 0.306 e. The van der Waals surface area contributed by atoms with E-state index in [1.54, 1.807) is 0 Å². The van der Waals surface area contributed by atoms with Crippen LogP contribution in [0.1, 0.15) is 6.42 Å². The van der Waals surface area contributed by atoms with Crippen molar-refractivity contribution in [2.75, 3.05) is 32.6 Å². The van der Waals surface area contributed by atoms with Gasteiger partial charge in [0.15, 0.2) is 0 Å². The second kappa shape index (κ2) is 7.37. The van der Waals surface area contributed by atoms with Gasteiger partial charge in [-0.3, -0.25) is 4.79 Å². The van der Waals surface area contributed by atoms with Crippen molar-refractivity contribution in [3.05, 3.63) is 12.7 Å². The molecule has 0 amide bonds. The molecule has 0 unspecified atom stereocenters. The lowest BCUT2D eigenvalue weighted by atomic mass is 10.5. The average molecular weight is 251 g/mol. The summed E-state index contributed by atoms with van der Waals surface area (Å²) in [6.45, 7) is 3.27. The number of carbonyl (C=O) groups is 1. The van der Waals surface area contributed by atoms with Gasteiger partial charge < -0.3 is 9.84 Å². The van der Waals surface area contributed by atoms with Crippen LogP contribution in [0.2, 0.25) is 0 Å². The Kier molecular flexibility index (Phi) is 6.95. The number of carbonyl (C=O) groups excluding carboxylic acids is 1. The number of sulfonamides is 1. The minimum atomic E-state index is -3.55. The molecule has 0 fully saturated rings. The van der Waals surface area contributed by atoms with Crippen molar-refractivity contribution < 1.29 is 23.1 Å². The quantitative estimate of drug-likeness (QED) is 0.458. The molecule has 7 heteroatoms. The van der Waals surface area contributed by atoms with Gasteiger partial charge in [-0.25, -0.2) is 8.42 Å². The van der Waals surface area contributed by atoms with E-state index in [9.17, 15) is 13.2 Å². The standard InChI is InChI=1S/C9H17NO5S/c1-3-5-10(6-7-11)16(13,14)8-4-9(12)15-2/h3,11H,1,4-8H2,2H3. The van der Waals surface area contributed by atoms with Crippen molar-refractivity contribution in [2.24, 2.45) is 0 Å². The van der Waals surface area contributed by atoms with Gasteiger partial charge >= 0.3 is 5.97 Å². The van der Waals surface area contributed by atoms with Crippen molar-refractivity contribution in [1.82, 2.24) is 4.31 Å². The van der Waals surface area contributed by atoms with Crippen LogP contribution in [0.5, 0.6) is 0 Å². The van der Waals surface area contributed by atoms with E-state index in [-0.39, 0.29) is 31.9 Å². The fourth-order valence-electron chi connectivity index (χ4n) is 1.04. The molecule has 0 atom stereocenters.